The van der Waals surface area contributed by atoms with E-state index in [2.05, 4.69) is 16.5 Å². The molecular weight excluding hydrogens is 229 g/mol. The zero-order chi connectivity index (χ0) is 13.0. The normalized spacial score (nSPS) is 12.6. The highest BCUT2D eigenvalue weighted by Gasteiger charge is 2.14. The van der Waals surface area contributed by atoms with Gasteiger partial charge in [0.1, 0.15) is 11.6 Å². The number of rotatable bonds is 5. The smallest absolute Gasteiger partial charge is 0.127 e. The summed E-state index contributed by atoms with van der Waals surface area (Å²) in [4.78, 5) is 4.29. The fraction of sp³-hybridized carbons (Fsp3) is 0.357. The summed E-state index contributed by atoms with van der Waals surface area (Å²) in [5.41, 5.74) is 6.60. The summed E-state index contributed by atoms with van der Waals surface area (Å²) in [6.45, 7) is 3.03. The number of nitrogens with two attached hydrogens (primary N) is 1. The Balaban J connectivity index is 2.14. The molecule has 0 spiro atoms. The second-order valence-corrected chi connectivity index (χ2v) is 4.37. The summed E-state index contributed by atoms with van der Waals surface area (Å²) >= 11 is 0. The van der Waals surface area contributed by atoms with Crippen LogP contribution in [0.25, 0.3) is 0 Å². The second-order valence-electron chi connectivity index (χ2n) is 4.37. The van der Waals surface area contributed by atoms with Gasteiger partial charge in [0.05, 0.1) is 0 Å². The molecule has 1 atom stereocenters. The summed E-state index contributed by atoms with van der Waals surface area (Å²) < 4.78 is 15.7. The Morgan fingerprint density at radius 2 is 2.17 bits per heavy atom. The van der Waals surface area contributed by atoms with Crippen molar-refractivity contribution in [3.05, 3.63) is 53.9 Å². The van der Waals surface area contributed by atoms with Gasteiger partial charge in [-0.05, 0) is 12.5 Å². The van der Waals surface area contributed by atoms with E-state index in [0.717, 1.165) is 18.8 Å². The first-order valence-electron chi connectivity index (χ1n) is 6.22. The van der Waals surface area contributed by atoms with Crippen LogP contribution in [0, 0.1) is 5.82 Å². The minimum atomic E-state index is -0.357. The van der Waals surface area contributed by atoms with Crippen LogP contribution in [0.2, 0.25) is 0 Å². The predicted molar refractivity (Wildman–Crippen MR) is 69.6 cm³/mol. The van der Waals surface area contributed by atoms with Crippen LogP contribution < -0.4 is 5.73 Å². The molecule has 0 fully saturated rings. The van der Waals surface area contributed by atoms with Gasteiger partial charge in [-0.15, -0.1) is 0 Å². The van der Waals surface area contributed by atoms with Crippen LogP contribution in [0.4, 0.5) is 4.39 Å². The Labute approximate surface area is 106 Å². The molecule has 0 aliphatic carbocycles. The molecule has 1 unspecified atom stereocenters. The lowest BCUT2D eigenvalue weighted by molar-refractivity contribution is 0.558. The molecule has 0 bridgehead atoms. The third-order valence-electron chi connectivity index (χ3n) is 2.97. The number of aromatic nitrogens is 2. The van der Waals surface area contributed by atoms with Crippen molar-refractivity contribution < 1.29 is 4.39 Å². The number of aryl methyl sites for hydroxylation is 1. The van der Waals surface area contributed by atoms with Crippen LogP contribution in [-0.2, 0) is 13.0 Å². The number of hydrogen-bond donors (Lipinski definition) is 1. The van der Waals surface area contributed by atoms with Crippen LogP contribution in [0.15, 0.2) is 36.7 Å². The zero-order valence-corrected chi connectivity index (χ0v) is 10.5. The second kappa shape index (κ2) is 5.78. The number of nitrogens with zero attached hydrogens (tertiary/aromatic N) is 2. The van der Waals surface area contributed by atoms with Crippen molar-refractivity contribution in [1.29, 1.82) is 0 Å². The Kier molecular flexibility index (Phi) is 4.10. The molecule has 1 aromatic carbocycles. The van der Waals surface area contributed by atoms with Crippen molar-refractivity contribution in [2.24, 2.45) is 5.73 Å². The van der Waals surface area contributed by atoms with Crippen LogP contribution in [-0.4, -0.2) is 9.55 Å². The molecule has 0 saturated heterocycles. The zero-order valence-electron chi connectivity index (χ0n) is 10.5. The van der Waals surface area contributed by atoms with Gasteiger partial charge < -0.3 is 10.3 Å². The van der Waals surface area contributed by atoms with E-state index < -0.39 is 0 Å². The van der Waals surface area contributed by atoms with E-state index in [1.165, 1.54) is 6.07 Å². The summed E-state index contributed by atoms with van der Waals surface area (Å²) in [5.74, 6) is 0.659. The number of halogens is 1. The Morgan fingerprint density at radius 1 is 1.39 bits per heavy atom. The molecule has 1 heterocycles. The van der Waals surface area contributed by atoms with Crippen molar-refractivity contribution >= 4 is 0 Å². The maximum atomic E-state index is 13.6. The van der Waals surface area contributed by atoms with E-state index in [1.807, 2.05) is 6.20 Å². The van der Waals surface area contributed by atoms with E-state index in [-0.39, 0.29) is 11.9 Å². The molecule has 2 N–H and O–H groups in total. The van der Waals surface area contributed by atoms with E-state index in [9.17, 15) is 4.39 Å². The third-order valence-corrected chi connectivity index (χ3v) is 2.97. The largest absolute Gasteiger partial charge is 0.335 e. The fourth-order valence-electron chi connectivity index (χ4n) is 2.06. The van der Waals surface area contributed by atoms with Crippen molar-refractivity contribution in [1.82, 2.24) is 9.55 Å². The fourth-order valence-corrected chi connectivity index (χ4v) is 2.06. The number of hydrogen-bond acceptors (Lipinski definition) is 2. The Hall–Kier alpha value is -1.68. The molecule has 4 heteroatoms. The lowest BCUT2D eigenvalue weighted by atomic mass is 10.0. The first-order chi connectivity index (χ1) is 8.72. The minimum absolute atomic E-state index is 0.251. The van der Waals surface area contributed by atoms with Crippen molar-refractivity contribution in [2.75, 3.05) is 0 Å². The summed E-state index contributed by atoms with van der Waals surface area (Å²) in [5, 5.41) is 0. The molecule has 18 heavy (non-hydrogen) atoms. The molecule has 2 rings (SSSR count). The van der Waals surface area contributed by atoms with Gasteiger partial charge in [0.25, 0.3) is 0 Å². The van der Waals surface area contributed by atoms with Gasteiger partial charge >= 0.3 is 0 Å². The van der Waals surface area contributed by atoms with Gasteiger partial charge in [0, 0.05) is 37.0 Å². The van der Waals surface area contributed by atoms with Crippen LogP contribution in [0.5, 0.6) is 0 Å². The van der Waals surface area contributed by atoms with E-state index in [4.69, 9.17) is 5.73 Å². The average Bonchev–Trinajstić information content (AvgIpc) is 2.78. The van der Waals surface area contributed by atoms with Gasteiger partial charge in [0.2, 0.25) is 0 Å². The third kappa shape index (κ3) is 2.76. The highest BCUT2D eigenvalue weighted by molar-refractivity contribution is 5.21. The van der Waals surface area contributed by atoms with Crippen LogP contribution >= 0.6 is 0 Å². The molecule has 0 aliphatic rings. The molecule has 2 aromatic rings. The van der Waals surface area contributed by atoms with Crippen molar-refractivity contribution in [2.45, 2.75) is 32.4 Å². The number of benzene rings is 1. The Morgan fingerprint density at radius 3 is 2.89 bits per heavy atom. The van der Waals surface area contributed by atoms with Crippen molar-refractivity contribution in [3.63, 3.8) is 0 Å². The molecule has 0 amide bonds. The standard InChI is InChI=1S/C14H18FN3/c1-2-8-18-9-7-17-14(18)10-13(16)11-5-3-4-6-12(11)15/h3-7,9,13H,2,8,10,16H2,1H3. The van der Waals surface area contributed by atoms with Gasteiger partial charge in [-0.3, -0.25) is 0 Å². The summed E-state index contributed by atoms with van der Waals surface area (Å²) in [7, 11) is 0. The predicted octanol–water partition coefficient (Wildman–Crippen LogP) is 2.67. The summed E-state index contributed by atoms with van der Waals surface area (Å²) in [6.07, 6.45) is 5.29. The molecule has 0 saturated carbocycles. The van der Waals surface area contributed by atoms with Crippen LogP contribution in [0.3, 0.4) is 0 Å². The Bertz CT molecular complexity index is 507. The quantitative estimate of drug-likeness (QED) is 0.882. The molecular formula is C14H18FN3. The van der Waals surface area contributed by atoms with Crippen molar-refractivity contribution in [3.8, 4) is 0 Å². The lowest BCUT2D eigenvalue weighted by Crippen LogP contribution is -2.17. The highest BCUT2D eigenvalue weighted by atomic mass is 19.1. The van der Waals surface area contributed by atoms with Crippen LogP contribution in [0.1, 0.15) is 30.8 Å². The van der Waals surface area contributed by atoms with E-state index in [0.29, 0.717) is 12.0 Å². The molecule has 1 aromatic heterocycles. The lowest BCUT2D eigenvalue weighted by Gasteiger charge is -2.13. The van der Waals surface area contributed by atoms with Gasteiger partial charge in [0.15, 0.2) is 0 Å². The molecule has 0 aliphatic heterocycles. The summed E-state index contributed by atoms with van der Waals surface area (Å²) in [6, 6.07) is 6.28. The first kappa shape index (κ1) is 12.8. The van der Waals surface area contributed by atoms with Gasteiger partial charge in [-0.25, -0.2) is 9.37 Å². The first-order valence-corrected chi connectivity index (χ1v) is 6.22. The molecule has 0 radical (unpaired) electrons. The molecule has 3 nitrogen and oxygen atoms in total. The van der Waals surface area contributed by atoms with E-state index in [1.54, 1.807) is 24.4 Å². The van der Waals surface area contributed by atoms with Gasteiger partial charge in [-0.1, -0.05) is 25.1 Å². The molecule has 96 valence electrons. The highest BCUT2D eigenvalue weighted by Crippen LogP contribution is 2.18. The SMILES string of the molecule is CCCn1ccnc1CC(N)c1ccccc1F. The topological polar surface area (TPSA) is 43.8 Å². The monoisotopic (exact) mass is 247 g/mol. The number of imidazole rings is 1. The van der Waals surface area contributed by atoms with Gasteiger partial charge in [-0.2, -0.15) is 0 Å². The average molecular weight is 247 g/mol. The van der Waals surface area contributed by atoms with E-state index >= 15 is 0 Å². The minimum Gasteiger partial charge on any atom is -0.335 e. The maximum Gasteiger partial charge on any atom is 0.127 e. The maximum absolute atomic E-state index is 13.6.